The van der Waals surface area contributed by atoms with Gasteiger partial charge in [-0.05, 0) is 42.0 Å². The number of likely N-dealkylation sites (N-methyl/N-ethyl adjacent to an activating group) is 1. The molecule has 5 rings (SSSR count). The molecule has 0 saturated heterocycles. The van der Waals surface area contributed by atoms with Gasteiger partial charge in [-0.3, -0.25) is 9.59 Å². The molecule has 204 valence electrons. The number of halogens is 3. The molecule has 0 unspecified atom stereocenters. The Hall–Kier alpha value is -4.59. The van der Waals surface area contributed by atoms with Crippen LogP contribution in [-0.2, 0) is 17.4 Å². The van der Waals surface area contributed by atoms with Crippen molar-refractivity contribution in [2.24, 2.45) is 0 Å². The maximum atomic E-state index is 14.0. The summed E-state index contributed by atoms with van der Waals surface area (Å²) in [6, 6.07) is 23.8. The number of rotatable bonds is 7. The van der Waals surface area contributed by atoms with Crippen LogP contribution < -0.4 is 15.1 Å². The van der Waals surface area contributed by atoms with Gasteiger partial charge in [0, 0.05) is 18.0 Å². The van der Waals surface area contributed by atoms with Gasteiger partial charge in [-0.15, -0.1) is 0 Å². The summed E-state index contributed by atoms with van der Waals surface area (Å²) < 4.78 is 53.3. The van der Waals surface area contributed by atoms with Crippen molar-refractivity contribution in [2.75, 3.05) is 18.1 Å². The lowest BCUT2D eigenvalue weighted by Gasteiger charge is -2.23. The number of benzene rings is 4. The van der Waals surface area contributed by atoms with Crippen LogP contribution in [0.2, 0.25) is 0 Å². The number of carbonyl (C=O) groups is 1. The Morgan fingerprint density at radius 1 is 0.900 bits per heavy atom. The van der Waals surface area contributed by atoms with E-state index < -0.39 is 22.9 Å². The number of carbonyl (C=O) groups excluding carboxylic acids is 1. The lowest BCUT2D eigenvalue weighted by Crippen LogP contribution is -2.35. The van der Waals surface area contributed by atoms with Crippen molar-refractivity contribution >= 4 is 33.3 Å². The summed E-state index contributed by atoms with van der Waals surface area (Å²) in [4.78, 5) is 28.2. The third-order valence-corrected chi connectivity index (χ3v) is 6.80. The summed E-state index contributed by atoms with van der Waals surface area (Å²) in [5.74, 6) is -1.52. The van der Waals surface area contributed by atoms with E-state index in [0.29, 0.717) is 18.5 Å². The first kappa shape index (κ1) is 27.0. The van der Waals surface area contributed by atoms with Gasteiger partial charge in [0.15, 0.2) is 6.61 Å². The minimum absolute atomic E-state index is 0.00770. The molecule has 1 heterocycles. The van der Waals surface area contributed by atoms with Gasteiger partial charge in [-0.25, -0.2) is 0 Å². The fraction of sp³-hybridized carbons (Fsp3) is 0.188. The highest BCUT2D eigenvalue weighted by Crippen LogP contribution is 2.38. The molecule has 0 aliphatic carbocycles. The van der Waals surface area contributed by atoms with Gasteiger partial charge in [0.25, 0.3) is 5.91 Å². The zero-order chi connectivity index (χ0) is 28.4. The SMILES string of the molecule is CCc1cc2c(=O)c(-c3ccccc3)c(C(F)(F)F)oc2cc1OCC(=O)N(CC)c1cccc2ccccc12. The number of hydrogen-bond donors (Lipinski definition) is 0. The highest BCUT2D eigenvalue weighted by Gasteiger charge is 2.39. The third kappa shape index (κ3) is 5.04. The number of amides is 1. The van der Waals surface area contributed by atoms with Gasteiger partial charge in [-0.2, -0.15) is 13.2 Å². The molecule has 0 spiro atoms. The number of anilines is 1. The Morgan fingerprint density at radius 2 is 1.60 bits per heavy atom. The van der Waals surface area contributed by atoms with Crippen molar-refractivity contribution in [1.29, 1.82) is 0 Å². The molecule has 5 nitrogen and oxygen atoms in total. The zero-order valence-electron chi connectivity index (χ0n) is 21.9. The lowest BCUT2D eigenvalue weighted by atomic mass is 10.00. The second-order valence-corrected chi connectivity index (χ2v) is 9.23. The second kappa shape index (κ2) is 10.9. The molecular formula is C32H26F3NO4. The first-order valence-electron chi connectivity index (χ1n) is 12.9. The minimum Gasteiger partial charge on any atom is -0.483 e. The smallest absolute Gasteiger partial charge is 0.450 e. The fourth-order valence-electron chi connectivity index (χ4n) is 4.89. The third-order valence-electron chi connectivity index (χ3n) is 6.80. The molecule has 40 heavy (non-hydrogen) atoms. The van der Waals surface area contributed by atoms with E-state index in [0.717, 1.165) is 16.5 Å². The number of fused-ring (bicyclic) bond motifs is 2. The highest BCUT2D eigenvalue weighted by molar-refractivity contribution is 6.04. The number of aryl methyl sites for hydroxylation is 1. The molecule has 8 heteroatoms. The largest absolute Gasteiger partial charge is 0.483 e. The maximum absolute atomic E-state index is 14.0. The monoisotopic (exact) mass is 545 g/mol. The Morgan fingerprint density at radius 3 is 2.30 bits per heavy atom. The van der Waals surface area contributed by atoms with E-state index in [4.69, 9.17) is 9.15 Å². The Balaban J connectivity index is 1.52. The molecule has 0 bridgehead atoms. The van der Waals surface area contributed by atoms with E-state index in [9.17, 15) is 22.8 Å². The Kier molecular flexibility index (Phi) is 7.34. The minimum atomic E-state index is -4.90. The predicted octanol–water partition coefficient (Wildman–Crippen LogP) is 7.63. The lowest BCUT2D eigenvalue weighted by molar-refractivity contribution is -0.152. The van der Waals surface area contributed by atoms with Crippen molar-refractivity contribution in [2.45, 2.75) is 26.4 Å². The van der Waals surface area contributed by atoms with Crippen LogP contribution >= 0.6 is 0 Å². The summed E-state index contributed by atoms with van der Waals surface area (Å²) in [6.45, 7) is 3.72. The molecule has 0 fully saturated rings. The van der Waals surface area contributed by atoms with E-state index in [2.05, 4.69) is 0 Å². The van der Waals surface area contributed by atoms with E-state index >= 15 is 0 Å². The van der Waals surface area contributed by atoms with Crippen LogP contribution in [0.15, 0.2) is 94.1 Å². The van der Waals surface area contributed by atoms with Crippen LogP contribution in [0.5, 0.6) is 5.75 Å². The van der Waals surface area contributed by atoms with Crippen LogP contribution in [0.25, 0.3) is 32.9 Å². The van der Waals surface area contributed by atoms with Gasteiger partial charge >= 0.3 is 6.18 Å². The number of nitrogens with zero attached hydrogens (tertiary/aromatic N) is 1. The van der Waals surface area contributed by atoms with E-state index in [-0.39, 0.29) is 34.8 Å². The molecule has 1 amide bonds. The molecule has 5 aromatic rings. The Labute approximate surface area is 228 Å². The number of ether oxygens (including phenoxy) is 1. The van der Waals surface area contributed by atoms with Crippen molar-refractivity contribution in [3.63, 3.8) is 0 Å². The fourth-order valence-corrected chi connectivity index (χ4v) is 4.89. The highest BCUT2D eigenvalue weighted by atomic mass is 19.4. The van der Waals surface area contributed by atoms with Gasteiger partial charge < -0.3 is 14.1 Å². The molecule has 0 N–H and O–H groups in total. The molecule has 0 saturated carbocycles. The van der Waals surface area contributed by atoms with Gasteiger partial charge in [0.05, 0.1) is 16.6 Å². The summed E-state index contributed by atoms with van der Waals surface area (Å²) in [7, 11) is 0. The van der Waals surface area contributed by atoms with Crippen LogP contribution in [-0.4, -0.2) is 19.1 Å². The van der Waals surface area contributed by atoms with Gasteiger partial charge in [0.1, 0.15) is 11.3 Å². The first-order valence-corrected chi connectivity index (χ1v) is 12.9. The number of hydrogen-bond acceptors (Lipinski definition) is 4. The van der Waals surface area contributed by atoms with Crippen molar-refractivity contribution in [1.82, 2.24) is 0 Å². The Bertz CT molecular complexity index is 1760. The molecular weight excluding hydrogens is 519 g/mol. The van der Waals surface area contributed by atoms with Crippen LogP contribution in [0.4, 0.5) is 18.9 Å². The normalized spacial score (nSPS) is 11.6. The van der Waals surface area contributed by atoms with E-state index in [1.165, 1.54) is 24.3 Å². The first-order chi connectivity index (χ1) is 19.2. The molecule has 0 radical (unpaired) electrons. The van der Waals surface area contributed by atoms with Crippen molar-refractivity contribution in [3.05, 3.63) is 106 Å². The molecule has 4 aromatic carbocycles. The number of alkyl halides is 3. The topological polar surface area (TPSA) is 59.8 Å². The van der Waals surface area contributed by atoms with Gasteiger partial charge in [-0.1, -0.05) is 73.7 Å². The molecule has 0 aliphatic heterocycles. The maximum Gasteiger partial charge on any atom is 0.450 e. The summed E-state index contributed by atoms with van der Waals surface area (Å²) >= 11 is 0. The average molecular weight is 546 g/mol. The van der Waals surface area contributed by atoms with Crippen LogP contribution in [0.3, 0.4) is 0 Å². The van der Waals surface area contributed by atoms with Crippen molar-refractivity contribution in [3.8, 4) is 16.9 Å². The van der Waals surface area contributed by atoms with Crippen LogP contribution in [0.1, 0.15) is 25.2 Å². The average Bonchev–Trinajstić information content (AvgIpc) is 2.96. The van der Waals surface area contributed by atoms with E-state index in [1.54, 1.807) is 23.1 Å². The zero-order valence-corrected chi connectivity index (χ0v) is 21.9. The van der Waals surface area contributed by atoms with Crippen molar-refractivity contribution < 1.29 is 27.1 Å². The summed E-state index contributed by atoms with van der Waals surface area (Å²) in [6.07, 6.45) is -4.49. The summed E-state index contributed by atoms with van der Waals surface area (Å²) in [5.41, 5.74) is -0.178. The molecule has 1 aromatic heterocycles. The van der Waals surface area contributed by atoms with Gasteiger partial charge in [0.2, 0.25) is 11.2 Å². The second-order valence-electron chi connectivity index (χ2n) is 9.23. The quantitative estimate of drug-likeness (QED) is 0.211. The standard InChI is InChI=1S/C32H26F3NO4/c1-3-20-17-24-27(40-31(32(33,34)35)29(30(24)38)22-12-6-5-7-13-22)18-26(20)39-19-28(37)36(4-2)25-16-10-14-21-11-8-9-15-23(21)25/h5-18H,3-4,19H2,1-2H3. The molecule has 0 aliphatic rings. The van der Waals surface area contributed by atoms with E-state index in [1.807, 2.05) is 56.3 Å². The van der Waals surface area contributed by atoms with Crippen LogP contribution in [0, 0.1) is 0 Å². The molecule has 0 atom stereocenters. The summed E-state index contributed by atoms with van der Waals surface area (Å²) in [5, 5.41) is 1.91. The predicted molar refractivity (Wildman–Crippen MR) is 150 cm³/mol.